The minimum absolute atomic E-state index is 0.0326. The van der Waals surface area contributed by atoms with E-state index in [1.807, 2.05) is 12.1 Å². The number of benzene rings is 1. The molecule has 0 saturated heterocycles. The summed E-state index contributed by atoms with van der Waals surface area (Å²) in [5, 5.41) is 0. The number of carbonyl (C=O) groups excluding carboxylic acids is 1. The summed E-state index contributed by atoms with van der Waals surface area (Å²) in [4.78, 5) is 11.4. The molecule has 1 aromatic rings. The average Bonchev–Trinajstić information content (AvgIpc) is 2.33. The molecule has 0 unspecified atom stereocenters. The standard InChI is InChI=1S/C17H20O/c1-5-6-7-16(18)13-10-14-8-11-15(12-9-14)17(2,3)4/h5,8-9,11-12H,1,6-7H2,2-4H3. The molecule has 0 aliphatic carbocycles. The van der Waals surface area contributed by atoms with Crippen molar-refractivity contribution in [3.8, 4) is 11.8 Å². The van der Waals surface area contributed by atoms with Crippen molar-refractivity contribution < 1.29 is 4.79 Å². The molecule has 0 aliphatic heterocycles. The second-order valence-corrected chi connectivity index (χ2v) is 5.33. The van der Waals surface area contributed by atoms with Gasteiger partial charge in [-0.2, -0.15) is 0 Å². The lowest BCUT2D eigenvalue weighted by atomic mass is 9.87. The molecular formula is C17H20O. The third kappa shape index (κ3) is 4.59. The van der Waals surface area contributed by atoms with Gasteiger partial charge in [-0.1, -0.05) is 44.9 Å². The number of ketones is 1. The van der Waals surface area contributed by atoms with Gasteiger partial charge in [0.05, 0.1) is 0 Å². The average molecular weight is 240 g/mol. The highest BCUT2D eigenvalue weighted by atomic mass is 16.1. The van der Waals surface area contributed by atoms with Crippen molar-refractivity contribution in [1.82, 2.24) is 0 Å². The lowest BCUT2D eigenvalue weighted by molar-refractivity contribution is -0.113. The molecule has 0 atom stereocenters. The lowest BCUT2D eigenvalue weighted by Crippen LogP contribution is -2.10. The zero-order valence-electron chi connectivity index (χ0n) is 11.4. The van der Waals surface area contributed by atoms with Crippen LogP contribution in [-0.2, 0) is 10.2 Å². The predicted molar refractivity (Wildman–Crippen MR) is 76.5 cm³/mol. The summed E-state index contributed by atoms with van der Waals surface area (Å²) in [7, 11) is 0. The Hall–Kier alpha value is -1.81. The van der Waals surface area contributed by atoms with Crippen LogP contribution in [0.5, 0.6) is 0 Å². The van der Waals surface area contributed by atoms with Crippen molar-refractivity contribution >= 4 is 5.78 Å². The van der Waals surface area contributed by atoms with Crippen molar-refractivity contribution in [2.45, 2.75) is 39.0 Å². The third-order valence-electron chi connectivity index (χ3n) is 2.67. The molecule has 1 rings (SSSR count). The SMILES string of the molecule is C=CCCC(=O)C#Cc1ccc(C(C)(C)C)cc1. The third-order valence-corrected chi connectivity index (χ3v) is 2.67. The monoisotopic (exact) mass is 240 g/mol. The Morgan fingerprint density at radius 1 is 1.28 bits per heavy atom. The number of hydrogen-bond acceptors (Lipinski definition) is 1. The van der Waals surface area contributed by atoms with Gasteiger partial charge in [-0.3, -0.25) is 4.79 Å². The van der Waals surface area contributed by atoms with Crippen molar-refractivity contribution in [3.63, 3.8) is 0 Å². The first kappa shape index (κ1) is 14.3. The number of carbonyl (C=O) groups is 1. The molecule has 0 heterocycles. The summed E-state index contributed by atoms with van der Waals surface area (Å²) in [6.07, 6.45) is 2.88. The topological polar surface area (TPSA) is 17.1 Å². The van der Waals surface area contributed by atoms with E-state index >= 15 is 0 Å². The molecule has 18 heavy (non-hydrogen) atoms. The van der Waals surface area contributed by atoms with Gasteiger partial charge in [-0.25, -0.2) is 0 Å². The lowest BCUT2D eigenvalue weighted by Gasteiger charge is -2.18. The Kier molecular flexibility index (Phi) is 4.92. The molecule has 0 fully saturated rings. The van der Waals surface area contributed by atoms with Crippen LogP contribution in [0.25, 0.3) is 0 Å². The van der Waals surface area contributed by atoms with Crippen LogP contribution < -0.4 is 0 Å². The first-order valence-corrected chi connectivity index (χ1v) is 6.20. The highest BCUT2D eigenvalue weighted by molar-refractivity contribution is 5.96. The summed E-state index contributed by atoms with van der Waals surface area (Å²) in [6.45, 7) is 10.1. The molecule has 94 valence electrons. The first-order valence-electron chi connectivity index (χ1n) is 6.20. The molecule has 1 aromatic carbocycles. The van der Waals surface area contributed by atoms with Gasteiger partial charge in [-0.15, -0.1) is 6.58 Å². The second kappa shape index (κ2) is 6.21. The van der Waals surface area contributed by atoms with Gasteiger partial charge >= 0.3 is 0 Å². The number of hydrogen-bond donors (Lipinski definition) is 0. The highest BCUT2D eigenvalue weighted by Gasteiger charge is 2.12. The normalized spacial score (nSPS) is 10.4. The first-order chi connectivity index (χ1) is 8.43. The second-order valence-electron chi connectivity index (χ2n) is 5.33. The van der Waals surface area contributed by atoms with Crippen molar-refractivity contribution in [2.75, 3.05) is 0 Å². The smallest absolute Gasteiger partial charge is 0.206 e. The maximum absolute atomic E-state index is 11.4. The van der Waals surface area contributed by atoms with E-state index in [1.54, 1.807) is 6.08 Å². The van der Waals surface area contributed by atoms with E-state index in [1.165, 1.54) is 5.56 Å². The van der Waals surface area contributed by atoms with E-state index in [9.17, 15) is 4.79 Å². The van der Waals surface area contributed by atoms with Gasteiger partial charge in [0.25, 0.3) is 0 Å². The van der Waals surface area contributed by atoms with Crippen LogP contribution in [0.1, 0.15) is 44.7 Å². The summed E-state index contributed by atoms with van der Waals surface area (Å²) in [5.74, 6) is 5.52. The Labute approximate surface area is 110 Å². The van der Waals surface area contributed by atoms with Gasteiger partial charge in [0, 0.05) is 12.0 Å². The van der Waals surface area contributed by atoms with Gasteiger partial charge in [0.15, 0.2) is 0 Å². The molecule has 0 spiro atoms. The summed E-state index contributed by atoms with van der Waals surface area (Å²) in [6, 6.07) is 8.07. The minimum Gasteiger partial charge on any atom is -0.285 e. The summed E-state index contributed by atoms with van der Waals surface area (Å²) in [5.41, 5.74) is 2.30. The highest BCUT2D eigenvalue weighted by Crippen LogP contribution is 2.21. The number of rotatable bonds is 3. The van der Waals surface area contributed by atoms with E-state index in [2.05, 4.69) is 51.3 Å². The quantitative estimate of drug-likeness (QED) is 0.579. The molecule has 0 aliphatic rings. The van der Waals surface area contributed by atoms with Gasteiger partial charge in [0.1, 0.15) is 0 Å². The van der Waals surface area contributed by atoms with Gasteiger partial charge < -0.3 is 0 Å². The van der Waals surface area contributed by atoms with E-state index in [0.717, 1.165) is 5.56 Å². The summed E-state index contributed by atoms with van der Waals surface area (Å²) >= 11 is 0. The van der Waals surface area contributed by atoms with Crippen LogP contribution in [0.4, 0.5) is 0 Å². The minimum atomic E-state index is -0.0326. The molecule has 0 saturated carbocycles. The molecule has 1 nitrogen and oxygen atoms in total. The van der Waals surface area contributed by atoms with Gasteiger partial charge in [-0.05, 0) is 35.5 Å². The largest absolute Gasteiger partial charge is 0.285 e. The van der Waals surface area contributed by atoms with E-state index < -0.39 is 0 Å². The molecule has 0 N–H and O–H groups in total. The van der Waals surface area contributed by atoms with E-state index in [-0.39, 0.29) is 11.2 Å². The fourth-order valence-corrected chi connectivity index (χ4v) is 1.49. The van der Waals surface area contributed by atoms with Crippen LogP contribution in [-0.4, -0.2) is 5.78 Å². The Morgan fingerprint density at radius 3 is 2.39 bits per heavy atom. The fourth-order valence-electron chi connectivity index (χ4n) is 1.49. The van der Waals surface area contributed by atoms with Gasteiger partial charge in [0.2, 0.25) is 5.78 Å². The summed E-state index contributed by atoms with van der Waals surface area (Å²) < 4.78 is 0. The Balaban J connectivity index is 2.73. The zero-order valence-corrected chi connectivity index (χ0v) is 11.4. The van der Waals surface area contributed by atoms with E-state index in [0.29, 0.717) is 12.8 Å². The van der Waals surface area contributed by atoms with Crippen molar-refractivity contribution in [1.29, 1.82) is 0 Å². The Morgan fingerprint density at radius 2 is 1.89 bits per heavy atom. The molecule has 0 aromatic heterocycles. The maximum Gasteiger partial charge on any atom is 0.206 e. The maximum atomic E-state index is 11.4. The van der Waals surface area contributed by atoms with Crippen LogP contribution in [0, 0.1) is 11.8 Å². The molecule has 0 amide bonds. The van der Waals surface area contributed by atoms with Crippen LogP contribution in [0.2, 0.25) is 0 Å². The van der Waals surface area contributed by atoms with Crippen molar-refractivity contribution in [2.24, 2.45) is 0 Å². The van der Waals surface area contributed by atoms with Crippen LogP contribution in [0.15, 0.2) is 36.9 Å². The van der Waals surface area contributed by atoms with Crippen molar-refractivity contribution in [3.05, 3.63) is 48.0 Å². The number of allylic oxidation sites excluding steroid dienone is 1. The van der Waals surface area contributed by atoms with Crippen LogP contribution >= 0.6 is 0 Å². The molecule has 1 heteroatoms. The molecule has 0 radical (unpaired) electrons. The fraction of sp³-hybridized carbons (Fsp3) is 0.353. The Bertz CT molecular complexity index is 475. The zero-order chi connectivity index (χ0) is 13.6. The van der Waals surface area contributed by atoms with E-state index in [4.69, 9.17) is 0 Å². The number of Topliss-reactive ketones (excluding diaryl/α,β-unsaturated/α-hetero) is 1. The predicted octanol–water partition coefficient (Wildman–Crippen LogP) is 3.87. The molecular weight excluding hydrogens is 220 g/mol. The van der Waals surface area contributed by atoms with Crippen LogP contribution in [0.3, 0.4) is 0 Å². The molecule has 0 bridgehead atoms.